The molecule has 2 amide bonds. The van der Waals surface area contributed by atoms with Gasteiger partial charge in [-0.05, 0) is 31.6 Å². The molecule has 1 unspecified atom stereocenters. The summed E-state index contributed by atoms with van der Waals surface area (Å²) in [5.74, 6) is 0.732. The van der Waals surface area contributed by atoms with Crippen LogP contribution in [-0.2, 0) is 4.74 Å². The van der Waals surface area contributed by atoms with Crippen molar-refractivity contribution in [3.05, 3.63) is 0 Å². The van der Waals surface area contributed by atoms with Gasteiger partial charge in [0.05, 0.1) is 0 Å². The Hall–Kier alpha value is -0.770. The fourth-order valence-electron chi connectivity index (χ4n) is 2.34. The van der Waals surface area contributed by atoms with Crippen LogP contribution in [0.3, 0.4) is 0 Å². The number of amides is 2. The predicted molar refractivity (Wildman–Crippen MR) is 52.9 cm³/mol. The highest BCUT2D eigenvalue weighted by molar-refractivity contribution is 5.73. The second-order valence-electron chi connectivity index (χ2n) is 4.27. The van der Waals surface area contributed by atoms with Gasteiger partial charge < -0.3 is 15.4 Å². The van der Waals surface area contributed by atoms with Crippen molar-refractivity contribution in [1.82, 2.24) is 4.90 Å². The summed E-state index contributed by atoms with van der Waals surface area (Å²) in [6, 6.07) is 0.156. The Kier molecular flexibility index (Phi) is 2.91. The third-order valence-corrected chi connectivity index (χ3v) is 3.37. The summed E-state index contributed by atoms with van der Waals surface area (Å²) < 4.78 is 5.30. The van der Waals surface area contributed by atoms with Crippen LogP contribution in [0, 0.1) is 5.92 Å². The number of primary amides is 1. The molecule has 0 saturated carbocycles. The Morgan fingerprint density at radius 1 is 1.36 bits per heavy atom. The molecule has 2 saturated heterocycles. The largest absolute Gasteiger partial charge is 0.381 e. The van der Waals surface area contributed by atoms with Gasteiger partial charge in [0.1, 0.15) is 0 Å². The van der Waals surface area contributed by atoms with Gasteiger partial charge in [0.2, 0.25) is 0 Å². The molecular weight excluding hydrogens is 180 g/mol. The number of hydrogen-bond acceptors (Lipinski definition) is 2. The van der Waals surface area contributed by atoms with E-state index < -0.39 is 0 Å². The topological polar surface area (TPSA) is 55.6 Å². The minimum atomic E-state index is -0.256. The molecule has 0 bridgehead atoms. The third-order valence-electron chi connectivity index (χ3n) is 3.37. The number of ether oxygens (including phenoxy) is 1. The van der Waals surface area contributed by atoms with Crippen molar-refractivity contribution in [3.63, 3.8) is 0 Å². The maximum absolute atomic E-state index is 11.0. The maximum Gasteiger partial charge on any atom is 0.315 e. The smallest absolute Gasteiger partial charge is 0.315 e. The van der Waals surface area contributed by atoms with E-state index in [4.69, 9.17) is 10.5 Å². The van der Waals surface area contributed by atoms with Crippen molar-refractivity contribution in [2.75, 3.05) is 19.8 Å². The Labute approximate surface area is 84.4 Å². The molecule has 1 atom stereocenters. The van der Waals surface area contributed by atoms with E-state index in [1.165, 1.54) is 0 Å². The van der Waals surface area contributed by atoms with Gasteiger partial charge in [0, 0.05) is 25.8 Å². The van der Waals surface area contributed by atoms with E-state index in [-0.39, 0.29) is 6.03 Å². The number of likely N-dealkylation sites (tertiary alicyclic amines) is 1. The third kappa shape index (κ3) is 2.00. The highest BCUT2D eigenvalue weighted by atomic mass is 16.5. The molecule has 2 aliphatic rings. The van der Waals surface area contributed by atoms with Crippen LogP contribution >= 0.6 is 0 Å². The number of carbonyl (C=O) groups excluding carboxylic acids is 1. The minimum absolute atomic E-state index is 0.256. The Balaban J connectivity index is 1.76. The lowest BCUT2D eigenvalue weighted by Crippen LogP contribution is -2.54. The van der Waals surface area contributed by atoms with E-state index in [1.54, 1.807) is 4.90 Å². The van der Waals surface area contributed by atoms with Crippen LogP contribution < -0.4 is 5.73 Å². The Morgan fingerprint density at radius 2 is 2.07 bits per heavy atom. The van der Waals surface area contributed by atoms with Crippen molar-refractivity contribution in [1.29, 1.82) is 0 Å². The monoisotopic (exact) mass is 198 g/mol. The van der Waals surface area contributed by atoms with Gasteiger partial charge in [0.15, 0.2) is 0 Å². The zero-order chi connectivity index (χ0) is 9.97. The van der Waals surface area contributed by atoms with Crippen LogP contribution in [0.1, 0.15) is 25.7 Å². The maximum atomic E-state index is 11.0. The number of carbonyl (C=O) groups is 1. The lowest BCUT2D eigenvalue weighted by atomic mass is 9.87. The van der Waals surface area contributed by atoms with E-state index in [1.807, 2.05) is 0 Å². The number of nitrogens with zero attached hydrogens (tertiary/aromatic N) is 1. The van der Waals surface area contributed by atoms with Gasteiger partial charge in [-0.3, -0.25) is 0 Å². The molecule has 4 heteroatoms. The zero-order valence-corrected chi connectivity index (χ0v) is 8.45. The fourth-order valence-corrected chi connectivity index (χ4v) is 2.34. The Morgan fingerprint density at radius 3 is 2.57 bits per heavy atom. The predicted octanol–water partition coefficient (Wildman–Crippen LogP) is 0.956. The summed E-state index contributed by atoms with van der Waals surface area (Å²) in [5.41, 5.74) is 5.26. The molecule has 0 aromatic heterocycles. The minimum Gasteiger partial charge on any atom is -0.381 e. The van der Waals surface area contributed by atoms with Gasteiger partial charge in [-0.1, -0.05) is 0 Å². The highest BCUT2D eigenvalue weighted by Crippen LogP contribution is 2.28. The second kappa shape index (κ2) is 4.17. The molecule has 0 aliphatic carbocycles. The second-order valence-corrected chi connectivity index (χ2v) is 4.27. The van der Waals surface area contributed by atoms with E-state index >= 15 is 0 Å². The molecule has 0 spiro atoms. The van der Waals surface area contributed by atoms with E-state index in [0.717, 1.165) is 51.4 Å². The van der Waals surface area contributed by atoms with Crippen LogP contribution in [0.5, 0.6) is 0 Å². The molecule has 0 radical (unpaired) electrons. The summed E-state index contributed by atoms with van der Waals surface area (Å²) in [5, 5.41) is 0. The first kappa shape index (κ1) is 9.77. The van der Waals surface area contributed by atoms with Gasteiger partial charge in [0.25, 0.3) is 0 Å². The van der Waals surface area contributed by atoms with Crippen LogP contribution in [-0.4, -0.2) is 36.7 Å². The van der Waals surface area contributed by atoms with Crippen molar-refractivity contribution in [3.8, 4) is 0 Å². The molecule has 2 rings (SSSR count). The summed E-state index contributed by atoms with van der Waals surface area (Å²) in [4.78, 5) is 12.7. The fraction of sp³-hybridized carbons (Fsp3) is 0.900. The molecule has 4 nitrogen and oxygen atoms in total. The average Bonchev–Trinajstić information content (AvgIpc) is 2.13. The first-order valence-corrected chi connectivity index (χ1v) is 5.41. The van der Waals surface area contributed by atoms with Crippen LogP contribution in [0.4, 0.5) is 4.79 Å². The summed E-state index contributed by atoms with van der Waals surface area (Å²) in [6.07, 6.45) is 4.53. The van der Waals surface area contributed by atoms with Crippen molar-refractivity contribution >= 4 is 6.03 Å². The van der Waals surface area contributed by atoms with Crippen molar-refractivity contribution in [2.45, 2.75) is 31.7 Å². The molecule has 2 heterocycles. The first-order valence-electron chi connectivity index (χ1n) is 5.41. The first-order chi connectivity index (χ1) is 6.77. The highest BCUT2D eigenvalue weighted by Gasteiger charge is 2.32. The average molecular weight is 198 g/mol. The van der Waals surface area contributed by atoms with Crippen molar-refractivity contribution < 1.29 is 9.53 Å². The molecular formula is C10H18N2O2. The number of hydrogen-bond donors (Lipinski definition) is 1. The van der Waals surface area contributed by atoms with Gasteiger partial charge in [-0.2, -0.15) is 0 Å². The molecule has 80 valence electrons. The number of urea groups is 1. The molecule has 2 aliphatic heterocycles. The van der Waals surface area contributed by atoms with Gasteiger partial charge in [-0.25, -0.2) is 4.79 Å². The standard InChI is InChI=1S/C10H18N2O2/c11-10(13)12-4-1-9(12)7-8-2-5-14-6-3-8/h8-9H,1-7H2,(H2,11,13). The van der Waals surface area contributed by atoms with Crippen LogP contribution in [0.2, 0.25) is 0 Å². The zero-order valence-electron chi connectivity index (χ0n) is 8.45. The number of nitrogens with two attached hydrogens (primary N) is 1. The summed E-state index contributed by atoms with van der Waals surface area (Å²) >= 11 is 0. The van der Waals surface area contributed by atoms with Crippen molar-refractivity contribution in [2.24, 2.45) is 11.7 Å². The van der Waals surface area contributed by atoms with Crippen LogP contribution in [0.15, 0.2) is 0 Å². The molecule has 2 fully saturated rings. The van der Waals surface area contributed by atoms with E-state index in [9.17, 15) is 4.79 Å². The van der Waals surface area contributed by atoms with E-state index in [0.29, 0.717) is 6.04 Å². The van der Waals surface area contributed by atoms with Gasteiger partial charge in [-0.15, -0.1) is 0 Å². The molecule has 0 aromatic rings. The summed E-state index contributed by atoms with van der Waals surface area (Å²) in [6.45, 7) is 2.62. The van der Waals surface area contributed by atoms with E-state index in [2.05, 4.69) is 0 Å². The van der Waals surface area contributed by atoms with Gasteiger partial charge >= 0.3 is 6.03 Å². The summed E-state index contributed by atoms with van der Waals surface area (Å²) in [7, 11) is 0. The Bertz CT molecular complexity index is 214. The molecule has 0 aromatic carbocycles. The lowest BCUT2D eigenvalue weighted by molar-refractivity contribution is 0.0406. The number of rotatable bonds is 2. The molecule has 14 heavy (non-hydrogen) atoms. The normalized spacial score (nSPS) is 28.6. The molecule has 2 N–H and O–H groups in total. The van der Waals surface area contributed by atoms with Crippen LogP contribution in [0.25, 0.3) is 0 Å². The quantitative estimate of drug-likeness (QED) is 0.718. The lowest BCUT2D eigenvalue weighted by Gasteiger charge is -2.42. The SMILES string of the molecule is NC(=O)N1CCC1CC1CCOCC1.